The van der Waals surface area contributed by atoms with E-state index in [1.54, 1.807) is 4.90 Å². The maximum Gasteiger partial charge on any atom is 0.245 e. The van der Waals surface area contributed by atoms with Gasteiger partial charge in [0.2, 0.25) is 11.8 Å². The second-order valence-corrected chi connectivity index (χ2v) is 5.16. The lowest BCUT2D eigenvalue weighted by atomic mass is 10.2. The molecule has 1 aromatic carbocycles. The molecule has 2 unspecified atom stereocenters. The number of nitrogens with zero attached hydrogens (tertiary/aromatic N) is 1. The molecule has 1 heterocycles. The molecule has 1 aliphatic heterocycles. The molecule has 2 rings (SSSR count). The van der Waals surface area contributed by atoms with Gasteiger partial charge in [0.05, 0.1) is 6.61 Å². The average Bonchev–Trinajstić information content (AvgIpc) is 2.81. The summed E-state index contributed by atoms with van der Waals surface area (Å²) in [5, 5.41) is 2.69. The van der Waals surface area contributed by atoms with Crippen LogP contribution in [0.1, 0.15) is 12.0 Å². The SMILES string of the molecule is COCC(N)C(=O)NC1CCN(Cc2ccccc2)C1=O. The first kappa shape index (κ1) is 15.5. The molecule has 0 radical (unpaired) electrons. The monoisotopic (exact) mass is 291 g/mol. The lowest BCUT2D eigenvalue weighted by Crippen LogP contribution is -2.49. The number of carbonyl (C=O) groups is 2. The summed E-state index contributed by atoms with van der Waals surface area (Å²) in [5.74, 6) is -0.409. The van der Waals surface area contributed by atoms with Crippen molar-refractivity contribution in [3.63, 3.8) is 0 Å². The highest BCUT2D eigenvalue weighted by Crippen LogP contribution is 2.15. The predicted molar refractivity (Wildman–Crippen MR) is 78.3 cm³/mol. The third kappa shape index (κ3) is 4.03. The van der Waals surface area contributed by atoms with Gasteiger partial charge in [0.1, 0.15) is 12.1 Å². The van der Waals surface area contributed by atoms with E-state index in [9.17, 15) is 9.59 Å². The number of carbonyl (C=O) groups excluding carboxylic acids is 2. The maximum absolute atomic E-state index is 12.3. The Hall–Kier alpha value is -1.92. The number of hydrogen-bond donors (Lipinski definition) is 2. The Labute approximate surface area is 124 Å². The predicted octanol–water partition coefficient (Wildman–Crippen LogP) is -0.123. The van der Waals surface area contributed by atoms with E-state index >= 15 is 0 Å². The molecule has 6 heteroatoms. The van der Waals surface area contributed by atoms with E-state index in [0.717, 1.165) is 5.56 Å². The number of nitrogens with one attached hydrogen (secondary N) is 1. The third-order valence-electron chi connectivity index (χ3n) is 3.51. The van der Waals surface area contributed by atoms with Crippen LogP contribution < -0.4 is 11.1 Å². The van der Waals surface area contributed by atoms with Crippen LogP contribution in [-0.4, -0.2) is 49.1 Å². The quantitative estimate of drug-likeness (QED) is 0.765. The molecule has 0 aromatic heterocycles. The van der Waals surface area contributed by atoms with Crippen LogP contribution in [0, 0.1) is 0 Å². The van der Waals surface area contributed by atoms with Gasteiger partial charge >= 0.3 is 0 Å². The molecule has 2 atom stereocenters. The Bertz CT molecular complexity index is 492. The molecular formula is C15H21N3O3. The maximum atomic E-state index is 12.3. The lowest BCUT2D eigenvalue weighted by Gasteiger charge is -2.18. The normalized spacial score (nSPS) is 19.6. The van der Waals surface area contributed by atoms with Crippen molar-refractivity contribution in [2.75, 3.05) is 20.3 Å². The van der Waals surface area contributed by atoms with Crippen LogP contribution in [0.2, 0.25) is 0 Å². The Morgan fingerprint density at radius 3 is 2.86 bits per heavy atom. The number of hydrogen-bond acceptors (Lipinski definition) is 4. The zero-order chi connectivity index (χ0) is 15.2. The van der Waals surface area contributed by atoms with Crippen LogP contribution >= 0.6 is 0 Å². The first-order valence-corrected chi connectivity index (χ1v) is 6.99. The van der Waals surface area contributed by atoms with E-state index in [-0.39, 0.29) is 18.4 Å². The number of likely N-dealkylation sites (tertiary alicyclic amines) is 1. The van der Waals surface area contributed by atoms with Crippen molar-refractivity contribution < 1.29 is 14.3 Å². The molecule has 1 fully saturated rings. The summed E-state index contributed by atoms with van der Waals surface area (Å²) in [7, 11) is 1.48. The van der Waals surface area contributed by atoms with E-state index < -0.39 is 12.1 Å². The number of nitrogens with two attached hydrogens (primary N) is 1. The molecule has 21 heavy (non-hydrogen) atoms. The van der Waals surface area contributed by atoms with E-state index in [1.807, 2.05) is 30.3 Å². The zero-order valence-electron chi connectivity index (χ0n) is 12.1. The molecule has 0 spiro atoms. The number of benzene rings is 1. The summed E-state index contributed by atoms with van der Waals surface area (Å²) in [4.78, 5) is 25.8. The zero-order valence-corrected chi connectivity index (χ0v) is 12.1. The van der Waals surface area contributed by atoms with Crippen molar-refractivity contribution in [2.45, 2.75) is 25.0 Å². The molecule has 114 valence electrons. The first-order chi connectivity index (χ1) is 10.1. The van der Waals surface area contributed by atoms with Gasteiger partial charge in [0.25, 0.3) is 0 Å². The Morgan fingerprint density at radius 1 is 1.48 bits per heavy atom. The number of rotatable bonds is 6. The molecule has 2 amide bonds. The molecule has 0 aliphatic carbocycles. The minimum Gasteiger partial charge on any atom is -0.383 e. The van der Waals surface area contributed by atoms with E-state index in [1.165, 1.54) is 7.11 Å². The minimum atomic E-state index is -0.744. The third-order valence-corrected chi connectivity index (χ3v) is 3.51. The fraction of sp³-hybridized carbons (Fsp3) is 0.467. The highest BCUT2D eigenvalue weighted by Gasteiger charge is 2.33. The fourth-order valence-electron chi connectivity index (χ4n) is 2.37. The number of ether oxygens (including phenoxy) is 1. The second-order valence-electron chi connectivity index (χ2n) is 5.16. The van der Waals surface area contributed by atoms with Crippen LogP contribution in [0.15, 0.2) is 30.3 Å². The Kier molecular flexibility index (Phi) is 5.30. The molecule has 1 aromatic rings. The van der Waals surface area contributed by atoms with Gasteiger partial charge in [-0.05, 0) is 12.0 Å². The summed E-state index contributed by atoms with van der Waals surface area (Å²) < 4.78 is 4.84. The van der Waals surface area contributed by atoms with Crippen molar-refractivity contribution in [1.29, 1.82) is 0 Å². The Balaban J connectivity index is 1.88. The molecule has 1 aliphatic rings. The van der Waals surface area contributed by atoms with Crippen molar-refractivity contribution >= 4 is 11.8 Å². The highest BCUT2D eigenvalue weighted by atomic mass is 16.5. The van der Waals surface area contributed by atoms with Gasteiger partial charge < -0.3 is 20.7 Å². The molecule has 0 bridgehead atoms. The standard InChI is InChI=1S/C15H21N3O3/c1-21-10-12(16)14(19)17-13-7-8-18(15(13)20)9-11-5-3-2-4-6-11/h2-6,12-13H,7-10,16H2,1H3,(H,17,19). The largest absolute Gasteiger partial charge is 0.383 e. The topological polar surface area (TPSA) is 84.7 Å². The molecule has 3 N–H and O–H groups in total. The van der Waals surface area contributed by atoms with Crippen LogP contribution in [0.4, 0.5) is 0 Å². The molecule has 0 saturated carbocycles. The average molecular weight is 291 g/mol. The highest BCUT2D eigenvalue weighted by molar-refractivity contribution is 5.90. The van der Waals surface area contributed by atoms with E-state index in [4.69, 9.17) is 10.5 Å². The van der Waals surface area contributed by atoms with Gasteiger partial charge in [0, 0.05) is 20.2 Å². The van der Waals surface area contributed by atoms with Gasteiger partial charge in [-0.25, -0.2) is 0 Å². The van der Waals surface area contributed by atoms with Crippen LogP contribution in [0.3, 0.4) is 0 Å². The number of amides is 2. The van der Waals surface area contributed by atoms with Crippen molar-refractivity contribution in [3.8, 4) is 0 Å². The Morgan fingerprint density at radius 2 is 2.19 bits per heavy atom. The molecular weight excluding hydrogens is 270 g/mol. The van der Waals surface area contributed by atoms with Gasteiger partial charge in [-0.15, -0.1) is 0 Å². The van der Waals surface area contributed by atoms with Crippen LogP contribution in [-0.2, 0) is 20.9 Å². The van der Waals surface area contributed by atoms with E-state index in [0.29, 0.717) is 19.5 Å². The van der Waals surface area contributed by atoms with Crippen molar-refractivity contribution in [3.05, 3.63) is 35.9 Å². The van der Waals surface area contributed by atoms with Gasteiger partial charge in [-0.3, -0.25) is 9.59 Å². The summed E-state index contributed by atoms with van der Waals surface area (Å²) in [6.45, 7) is 1.34. The lowest BCUT2D eigenvalue weighted by molar-refractivity contribution is -0.133. The summed E-state index contributed by atoms with van der Waals surface area (Å²) in [6, 6.07) is 8.56. The summed E-state index contributed by atoms with van der Waals surface area (Å²) >= 11 is 0. The van der Waals surface area contributed by atoms with Gasteiger partial charge in [0.15, 0.2) is 0 Å². The fourth-order valence-corrected chi connectivity index (χ4v) is 2.37. The van der Waals surface area contributed by atoms with Crippen molar-refractivity contribution in [1.82, 2.24) is 10.2 Å². The smallest absolute Gasteiger partial charge is 0.245 e. The van der Waals surface area contributed by atoms with Crippen molar-refractivity contribution in [2.24, 2.45) is 5.73 Å². The van der Waals surface area contributed by atoms with E-state index in [2.05, 4.69) is 5.32 Å². The minimum absolute atomic E-state index is 0.0585. The van der Waals surface area contributed by atoms with Crippen LogP contribution in [0.5, 0.6) is 0 Å². The first-order valence-electron chi connectivity index (χ1n) is 6.99. The number of methoxy groups -OCH3 is 1. The summed E-state index contributed by atoms with van der Waals surface area (Å²) in [5.41, 5.74) is 6.73. The summed E-state index contributed by atoms with van der Waals surface area (Å²) in [6.07, 6.45) is 0.608. The molecule has 1 saturated heterocycles. The van der Waals surface area contributed by atoms with Gasteiger partial charge in [-0.1, -0.05) is 30.3 Å². The van der Waals surface area contributed by atoms with Crippen LogP contribution in [0.25, 0.3) is 0 Å². The molecule has 6 nitrogen and oxygen atoms in total. The second kappa shape index (κ2) is 7.19. The van der Waals surface area contributed by atoms with Gasteiger partial charge in [-0.2, -0.15) is 0 Å².